The first kappa shape index (κ1) is 13.4. The highest BCUT2D eigenvalue weighted by molar-refractivity contribution is 6.19. The number of nitrogens with zero attached hydrogens (tertiary/aromatic N) is 1. The van der Waals surface area contributed by atoms with E-state index in [1.54, 1.807) is 6.20 Å². The molecule has 0 saturated carbocycles. The zero-order chi connectivity index (χ0) is 12.7. The summed E-state index contributed by atoms with van der Waals surface area (Å²) in [7, 11) is 0. The maximum atomic E-state index is 11.3. The van der Waals surface area contributed by atoms with Gasteiger partial charge in [-0.25, -0.2) is 4.79 Å². The van der Waals surface area contributed by atoms with E-state index in [-0.39, 0.29) is 18.2 Å². The second-order valence-electron chi connectivity index (χ2n) is 3.48. The standard InChI is InChI=1S/C11H14ClN3O2/c1-8-2-3-9(6-13-8)7-14-11(17)15-10(16)4-5-12/h2-3,6H,4-5,7H2,1H3,(H2,14,15,16,17). The van der Waals surface area contributed by atoms with Gasteiger partial charge in [0.05, 0.1) is 0 Å². The zero-order valence-corrected chi connectivity index (χ0v) is 10.3. The van der Waals surface area contributed by atoms with Gasteiger partial charge in [0.1, 0.15) is 0 Å². The van der Waals surface area contributed by atoms with Crippen molar-refractivity contribution in [1.82, 2.24) is 15.6 Å². The number of pyridine rings is 1. The van der Waals surface area contributed by atoms with Gasteiger partial charge in [-0.3, -0.25) is 15.1 Å². The predicted molar refractivity (Wildman–Crippen MR) is 64.7 cm³/mol. The Bertz CT molecular complexity index is 392. The van der Waals surface area contributed by atoms with E-state index in [1.807, 2.05) is 19.1 Å². The number of hydrogen-bond donors (Lipinski definition) is 2. The number of imide groups is 1. The van der Waals surface area contributed by atoms with Gasteiger partial charge in [-0.2, -0.15) is 0 Å². The van der Waals surface area contributed by atoms with Crippen LogP contribution >= 0.6 is 11.6 Å². The fraction of sp³-hybridized carbons (Fsp3) is 0.364. The number of urea groups is 1. The molecule has 5 nitrogen and oxygen atoms in total. The molecular weight excluding hydrogens is 242 g/mol. The largest absolute Gasteiger partial charge is 0.334 e. The number of hydrogen-bond acceptors (Lipinski definition) is 3. The molecule has 0 aliphatic heterocycles. The van der Waals surface area contributed by atoms with Gasteiger partial charge < -0.3 is 5.32 Å². The lowest BCUT2D eigenvalue weighted by atomic mass is 10.2. The fourth-order valence-electron chi connectivity index (χ4n) is 1.10. The second-order valence-corrected chi connectivity index (χ2v) is 3.86. The van der Waals surface area contributed by atoms with E-state index in [0.29, 0.717) is 6.54 Å². The third-order valence-electron chi connectivity index (χ3n) is 2.00. The van der Waals surface area contributed by atoms with Crippen molar-refractivity contribution in [2.24, 2.45) is 0 Å². The van der Waals surface area contributed by atoms with Crippen molar-refractivity contribution in [3.8, 4) is 0 Å². The number of aromatic nitrogens is 1. The number of rotatable bonds is 4. The van der Waals surface area contributed by atoms with E-state index in [0.717, 1.165) is 11.3 Å². The average Bonchev–Trinajstić information content (AvgIpc) is 2.28. The number of nitrogens with one attached hydrogen (secondary N) is 2. The summed E-state index contributed by atoms with van der Waals surface area (Å²) in [6, 6.07) is 3.19. The third-order valence-corrected chi connectivity index (χ3v) is 2.19. The van der Waals surface area contributed by atoms with Crippen molar-refractivity contribution in [2.75, 3.05) is 5.88 Å². The highest BCUT2D eigenvalue weighted by Gasteiger charge is 2.06. The molecule has 0 saturated heterocycles. The molecule has 17 heavy (non-hydrogen) atoms. The van der Waals surface area contributed by atoms with Crippen LogP contribution in [-0.4, -0.2) is 22.8 Å². The second kappa shape index (κ2) is 6.85. The van der Waals surface area contributed by atoms with Crippen molar-refractivity contribution in [2.45, 2.75) is 19.9 Å². The lowest BCUT2D eigenvalue weighted by Gasteiger charge is -2.06. The topological polar surface area (TPSA) is 71.1 Å². The maximum absolute atomic E-state index is 11.3. The molecule has 0 fully saturated rings. The van der Waals surface area contributed by atoms with Crippen molar-refractivity contribution in [3.63, 3.8) is 0 Å². The molecule has 1 heterocycles. The fourth-order valence-corrected chi connectivity index (χ4v) is 1.28. The van der Waals surface area contributed by atoms with Crippen LogP contribution < -0.4 is 10.6 Å². The summed E-state index contributed by atoms with van der Waals surface area (Å²) in [6.45, 7) is 2.21. The van der Waals surface area contributed by atoms with E-state index in [9.17, 15) is 9.59 Å². The van der Waals surface area contributed by atoms with Crippen LogP contribution in [0.1, 0.15) is 17.7 Å². The van der Waals surface area contributed by atoms with Gasteiger partial charge in [-0.1, -0.05) is 6.07 Å². The Morgan fingerprint density at radius 1 is 1.41 bits per heavy atom. The van der Waals surface area contributed by atoms with Crippen molar-refractivity contribution in [3.05, 3.63) is 29.6 Å². The van der Waals surface area contributed by atoms with Crippen molar-refractivity contribution >= 4 is 23.5 Å². The van der Waals surface area contributed by atoms with Gasteiger partial charge in [-0.15, -0.1) is 11.6 Å². The summed E-state index contributed by atoms with van der Waals surface area (Å²) >= 11 is 5.37. The van der Waals surface area contributed by atoms with Crippen LogP contribution in [0.15, 0.2) is 18.3 Å². The SMILES string of the molecule is Cc1ccc(CNC(=O)NC(=O)CCCl)cn1. The van der Waals surface area contributed by atoms with Gasteiger partial charge in [0.15, 0.2) is 0 Å². The normalized spacial score (nSPS) is 9.76. The minimum Gasteiger partial charge on any atom is -0.334 e. The number of carbonyl (C=O) groups is 2. The molecular formula is C11H14ClN3O2. The molecule has 3 amide bonds. The van der Waals surface area contributed by atoms with E-state index in [4.69, 9.17) is 11.6 Å². The van der Waals surface area contributed by atoms with E-state index < -0.39 is 6.03 Å². The average molecular weight is 256 g/mol. The summed E-state index contributed by atoms with van der Waals surface area (Å²) in [5, 5.41) is 4.72. The molecule has 6 heteroatoms. The molecule has 0 aromatic carbocycles. The Morgan fingerprint density at radius 3 is 2.76 bits per heavy atom. The first-order valence-corrected chi connectivity index (χ1v) is 5.70. The maximum Gasteiger partial charge on any atom is 0.321 e. The first-order valence-electron chi connectivity index (χ1n) is 5.17. The molecule has 0 spiro atoms. The number of aryl methyl sites for hydroxylation is 1. The Morgan fingerprint density at radius 2 is 2.18 bits per heavy atom. The highest BCUT2D eigenvalue weighted by atomic mass is 35.5. The summed E-state index contributed by atoms with van der Waals surface area (Å²) in [5.74, 6) is -0.194. The molecule has 1 aromatic heterocycles. The van der Waals surface area contributed by atoms with Crippen LogP contribution in [-0.2, 0) is 11.3 Å². The quantitative estimate of drug-likeness (QED) is 0.798. The van der Waals surface area contributed by atoms with Crippen LogP contribution in [0.5, 0.6) is 0 Å². The molecule has 0 aliphatic rings. The Labute approximate surface area is 105 Å². The van der Waals surface area contributed by atoms with E-state index >= 15 is 0 Å². The van der Waals surface area contributed by atoms with Gasteiger partial charge in [0.2, 0.25) is 5.91 Å². The van der Waals surface area contributed by atoms with Gasteiger partial charge in [0.25, 0.3) is 0 Å². The molecule has 0 aliphatic carbocycles. The molecule has 1 rings (SSSR count). The zero-order valence-electron chi connectivity index (χ0n) is 9.50. The molecule has 1 aromatic rings. The molecule has 0 atom stereocenters. The molecule has 0 bridgehead atoms. The Hall–Kier alpha value is -1.62. The molecule has 0 unspecified atom stereocenters. The van der Waals surface area contributed by atoms with Crippen LogP contribution in [0, 0.1) is 6.92 Å². The molecule has 92 valence electrons. The van der Waals surface area contributed by atoms with E-state index in [1.165, 1.54) is 0 Å². The Kier molecular flexibility index (Phi) is 5.42. The lowest BCUT2D eigenvalue weighted by Crippen LogP contribution is -2.39. The summed E-state index contributed by atoms with van der Waals surface area (Å²) in [6.07, 6.45) is 1.80. The lowest BCUT2D eigenvalue weighted by molar-refractivity contribution is -0.119. The highest BCUT2D eigenvalue weighted by Crippen LogP contribution is 1.98. The number of carbonyl (C=O) groups excluding carboxylic acids is 2. The first-order chi connectivity index (χ1) is 8.11. The predicted octanol–water partition coefficient (Wildman–Crippen LogP) is 1.34. The smallest absolute Gasteiger partial charge is 0.321 e. The third kappa shape index (κ3) is 5.31. The molecule has 2 N–H and O–H groups in total. The minimum absolute atomic E-state index is 0.126. The van der Waals surface area contributed by atoms with Crippen LogP contribution in [0.2, 0.25) is 0 Å². The summed E-state index contributed by atoms with van der Waals surface area (Å²) < 4.78 is 0. The van der Waals surface area contributed by atoms with Crippen molar-refractivity contribution in [1.29, 1.82) is 0 Å². The van der Waals surface area contributed by atoms with E-state index in [2.05, 4.69) is 15.6 Å². The van der Waals surface area contributed by atoms with Gasteiger partial charge in [-0.05, 0) is 18.6 Å². The minimum atomic E-state index is -0.527. The van der Waals surface area contributed by atoms with Gasteiger partial charge in [0, 0.05) is 30.7 Å². The summed E-state index contributed by atoms with van der Waals surface area (Å²) in [4.78, 5) is 26.4. The number of amides is 3. The number of halogens is 1. The summed E-state index contributed by atoms with van der Waals surface area (Å²) in [5.41, 5.74) is 1.78. The monoisotopic (exact) mass is 255 g/mol. The van der Waals surface area contributed by atoms with Crippen LogP contribution in [0.4, 0.5) is 4.79 Å². The number of alkyl halides is 1. The van der Waals surface area contributed by atoms with Gasteiger partial charge >= 0.3 is 6.03 Å². The molecule has 0 radical (unpaired) electrons. The van der Waals surface area contributed by atoms with Crippen LogP contribution in [0.3, 0.4) is 0 Å². The van der Waals surface area contributed by atoms with Crippen molar-refractivity contribution < 1.29 is 9.59 Å². The Balaban J connectivity index is 2.33. The van der Waals surface area contributed by atoms with Crippen LogP contribution in [0.25, 0.3) is 0 Å².